The fourth-order valence-electron chi connectivity index (χ4n) is 0.473. The molecule has 0 aromatic carbocycles. The number of nitrogens with zero attached hydrogens (tertiary/aromatic N) is 1. The molecule has 0 fully saturated rings. The van der Waals surface area contributed by atoms with E-state index in [4.69, 9.17) is 10.6 Å². The average Bonchev–Trinajstić information content (AvgIpc) is 1.84. The molecular weight excluding hydrogens is 288 g/mol. The van der Waals surface area contributed by atoms with Crippen molar-refractivity contribution in [3.05, 3.63) is 0 Å². The van der Waals surface area contributed by atoms with Gasteiger partial charge in [0.2, 0.25) is 0 Å². The van der Waals surface area contributed by atoms with Crippen LogP contribution in [0.15, 0.2) is 0 Å². The van der Waals surface area contributed by atoms with Crippen LogP contribution in [0.25, 0.3) is 0 Å². The quantitative estimate of drug-likeness (QED) is 0.472. The minimum atomic E-state index is -0.477. The van der Waals surface area contributed by atoms with E-state index in [1.807, 2.05) is 13.8 Å². The Morgan fingerprint density at radius 3 is 2.00 bits per heavy atom. The number of hydrogen-bond acceptors (Lipinski definition) is 3. The maximum Gasteiger partial charge on any atom is 0.424 e. The van der Waals surface area contributed by atoms with Crippen molar-refractivity contribution < 1.29 is 50.4 Å². The minimum absolute atomic E-state index is 0. The van der Waals surface area contributed by atoms with Crippen LogP contribution in [0.3, 0.4) is 0 Å². The molecule has 0 radical (unpaired) electrons. The normalized spacial score (nSPS) is 9.58. The third-order valence-corrected chi connectivity index (χ3v) is 1.10. The predicted molar refractivity (Wildman–Crippen MR) is 42.8 cm³/mol. The van der Waals surface area contributed by atoms with Crippen LogP contribution in [0, 0.1) is 40.8 Å². The molecule has 12 heavy (non-hydrogen) atoms. The van der Waals surface area contributed by atoms with E-state index in [1.54, 1.807) is 13.8 Å². The van der Waals surface area contributed by atoms with E-state index in [9.17, 15) is 4.79 Å². The zero-order valence-electron chi connectivity index (χ0n) is 8.00. The van der Waals surface area contributed by atoms with Crippen molar-refractivity contribution in [2.75, 3.05) is 0 Å². The monoisotopic (exact) mass is 302 g/mol. The minimum Gasteiger partial charge on any atom is -0.446 e. The summed E-state index contributed by atoms with van der Waals surface area (Å²) in [6.07, 6.45) is -0.595. The third kappa shape index (κ3) is 6.14. The van der Waals surface area contributed by atoms with Crippen molar-refractivity contribution in [2.45, 2.75) is 39.8 Å². The van der Waals surface area contributed by atoms with E-state index in [-0.39, 0.29) is 53.0 Å². The molecule has 1 amide bonds. The molecule has 0 aliphatic heterocycles. The number of ether oxygens (including phenoxy) is 1. The summed E-state index contributed by atoms with van der Waals surface area (Å²) >= 11 is 0. The Hall–Kier alpha value is 0.581. The Morgan fingerprint density at radius 1 is 1.33 bits per heavy atom. The van der Waals surface area contributed by atoms with Gasteiger partial charge in [-0.15, -0.1) is 0 Å². The molecule has 0 rings (SSSR count). The zero-order chi connectivity index (χ0) is 9.02. The maximum atomic E-state index is 11.0. The Morgan fingerprint density at radius 2 is 1.75 bits per heavy atom. The number of amides is 1. The first kappa shape index (κ1) is 15.1. The third-order valence-electron chi connectivity index (χ3n) is 1.10. The van der Waals surface area contributed by atoms with Gasteiger partial charge in [-0.2, -0.15) is 0 Å². The first-order valence-corrected chi connectivity index (χ1v) is 3.69. The molecule has 0 bridgehead atoms. The summed E-state index contributed by atoms with van der Waals surface area (Å²) in [6, 6.07) is -0.0266. The largest absolute Gasteiger partial charge is 0.446 e. The molecule has 0 heterocycles. The number of carbonyl (C=O) groups excluding carboxylic acids is 1. The van der Waals surface area contributed by atoms with Gasteiger partial charge in [-0.05, 0) is 27.7 Å². The number of hydrazine groups is 1. The van der Waals surface area contributed by atoms with Crippen LogP contribution in [0.1, 0.15) is 27.7 Å². The zero-order valence-corrected chi connectivity index (χ0v) is 11.2. The number of rotatable bonds is 2. The average molecular weight is 304 g/mol. The fourth-order valence-corrected chi connectivity index (χ4v) is 0.473. The Balaban J connectivity index is 0. The predicted octanol–water partition coefficient (Wildman–Crippen LogP) is 1.12. The molecule has 0 aliphatic carbocycles. The Kier molecular flexibility index (Phi) is 8.83. The molecule has 4 nitrogen and oxygen atoms in total. The van der Waals surface area contributed by atoms with Crippen LogP contribution < -0.4 is 5.84 Å². The van der Waals surface area contributed by atoms with Crippen LogP contribution in [-0.4, -0.2) is 23.2 Å². The molecule has 0 saturated carbocycles. The summed E-state index contributed by atoms with van der Waals surface area (Å²) < 4.78 is 4.84. The van der Waals surface area contributed by atoms with E-state index in [2.05, 4.69) is 0 Å². The van der Waals surface area contributed by atoms with E-state index in [1.165, 1.54) is 0 Å². The van der Waals surface area contributed by atoms with Gasteiger partial charge in [0.1, 0.15) is 0 Å². The van der Waals surface area contributed by atoms with E-state index >= 15 is 0 Å². The molecular formula is C7H16N2NdO2. The molecule has 0 atom stereocenters. The van der Waals surface area contributed by atoms with Gasteiger partial charge in [-0.3, -0.25) is 0 Å². The van der Waals surface area contributed by atoms with Crippen molar-refractivity contribution in [2.24, 2.45) is 5.84 Å². The fraction of sp³-hybridized carbons (Fsp3) is 0.857. The second-order valence-electron chi connectivity index (χ2n) is 2.93. The topological polar surface area (TPSA) is 55.6 Å². The van der Waals surface area contributed by atoms with E-state index < -0.39 is 6.09 Å². The van der Waals surface area contributed by atoms with Crippen LogP contribution in [0.2, 0.25) is 0 Å². The maximum absolute atomic E-state index is 11.0. The smallest absolute Gasteiger partial charge is 0.424 e. The van der Waals surface area contributed by atoms with Crippen LogP contribution in [-0.2, 0) is 4.74 Å². The molecule has 0 unspecified atom stereocenters. The summed E-state index contributed by atoms with van der Waals surface area (Å²) in [5.74, 6) is 5.37. The molecule has 5 heteroatoms. The SMILES string of the molecule is CC(C)OC(=O)N(N)C(C)C.[Nd]. The van der Waals surface area contributed by atoms with Crippen molar-refractivity contribution in [1.82, 2.24) is 5.01 Å². The van der Waals surface area contributed by atoms with Crippen molar-refractivity contribution >= 4 is 6.09 Å². The van der Waals surface area contributed by atoms with Crippen molar-refractivity contribution in [3.63, 3.8) is 0 Å². The van der Waals surface area contributed by atoms with Gasteiger partial charge in [0.15, 0.2) is 0 Å². The van der Waals surface area contributed by atoms with Gasteiger partial charge in [0.25, 0.3) is 0 Å². The summed E-state index contributed by atoms with van der Waals surface area (Å²) in [6.45, 7) is 7.21. The molecule has 0 aromatic heterocycles. The van der Waals surface area contributed by atoms with Crippen molar-refractivity contribution in [3.8, 4) is 0 Å². The first-order valence-electron chi connectivity index (χ1n) is 3.69. The van der Waals surface area contributed by atoms with Gasteiger partial charge in [-0.1, -0.05) is 0 Å². The number of nitrogens with two attached hydrogens (primary N) is 1. The molecule has 70 valence electrons. The Bertz CT molecular complexity index is 139. The van der Waals surface area contributed by atoms with Crippen LogP contribution in [0.5, 0.6) is 0 Å². The van der Waals surface area contributed by atoms with Crippen LogP contribution in [0.4, 0.5) is 4.79 Å². The Labute approximate surface area is 106 Å². The summed E-state index contributed by atoms with van der Waals surface area (Å²) in [5.41, 5.74) is 0. The van der Waals surface area contributed by atoms with Crippen molar-refractivity contribution in [1.29, 1.82) is 0 Å². The van der Waals surface area contributed by atoms with Gasteiger partial charge >= 0.3 is 6.09 Å². The van der Waals surface area contributed by atoms with Crippen LogP contribution >= 0.6 is 0 Å². The second-order valence-corrected chi connectivity index (χ2v) is 2.93. The first-order chi connectivity index (χ1) is 4.95. The van der Waals surface area contributed by atoms with E-state index in [0.29, 0.717) is 0 Å². The summed E-state index contributed by atoms with van der Waals surface area (Å²) in [5, 5.41) is 1.07. The van der Waals surface area contributed by atoms with Gasteiger partial charge < -0.3 is 4.74 Å². The molecule has 0 saturated heterocycles. The number of carbonyl (C=O) groups is 1. The number of hydrogen-bond donors (Lipinski definition) is 1. The van der Waals surface area contributed by atoms with Gasteiger partial charge in [0, 0.05) is 46.9 Å². The van der Waals surface area contributed by atoms with Gasteiger partial charge in [-0.25, -0.2) is 15.6 Å². The second kappa shape index (κ2) is 7.03. The molecule has 0 aliphatic rings. The molecule has 2 N–H and O–H groups in total. The summed E-state index contributed by atoms with van der Waals surface area (Å²) in [7, 11) is 0. The molecule has 0 aromatic rings. The summed E-state index contributed by atoms with van der Waals surface area (Å²) in [4.78, 5) is 11.0. The molecule has 0 spiro atoms. The van der Waals surface area contributed by atoms with Gasteiger partial charge in [0.05, 0.1) is 6.10 Å². The van der Waals surface area contributed by atoms with E-state index in [0.717, 1.165) is 5.01 Å². The standard InChI is InChI=1S/C7H16N2O2.Nd/c1-5(2)9(8)7(10)11-6(3)4;/h5-6H,8H2,1-4H3;.